The van der Waals surface area contributed by atoms with E-state index in [1.54, 1.807) is 39.2 Å². The van der Waals surface area contributed by atoms with Gasteiger partial charge in [0.05, 0.1) is 5.92 Å². The van der Waals surface area contributed by atoms with Gasteiger partial charge in [0.1, 0.15) is 0 Å². The van der Waals surface area contributed by atoms with E-state index in [2.05, 4.69) is 5.32 Å². The summed E-state index contributed by atoms with van der Waals surface area (Å²) in [6, 6.07) is 7.28. The number of nitrogens with one attached hydrogen (secondary N) is 1. The smallest absolute Gasteiger partial charge is 0.246 e. The van der Waals surface area contributed by atoms with E-state index in [0.29, 0.717) is 12.2 Å². The Morgan fingerprint density at radius 2 is 2.15 bits per heavy atom. The topological polar surface area (TPSA) is 75.4 Å². The Bertz CT molecular complexity index is 512. The molecule has 0 saturated heterocycles. The van der Waals surface area contributed by atoms with Crippen LogP contribution >= 0.6 is 0 Å². The average Bonchev–Trinajstić information content (AvgIpc) is 2.43. The number of anilines is 1. The number of rotatable bonds is 5. The molecule has 1 unspecified atom stereocenters. The van der Waals surface area contributed by atoms with E-state index in [1.807, 2.05) is 12.1 Å². The number of hydrogen-bond acceptors (Lipinski definition) is 3. The highest BCUT2D eigenvalue weighted by atomic mass is 16.2. The molecular formula is C15H21N3O2. The minimum Gasteiger partial charge on any atom is -0.399 e. The number of nitrogen functional groups attached to an aromatic ring is 1. The number of amides is 2. The summed E-state index contributed by atoms with van der Waals surface area (Å²) in [5.41, 5.74) is 7.19. The molecule has 0 fully saturated rings. The van der Waals surface area contributed by atoms with E-state index >= 15 is 0 Å². The third-order valence-electron chi connectivity index (χ3n) is 2.95. The van der Waals surface area contributed by atoms with Crippen molar-refractivity contribution in [3.8, 4) is 0 Å². The second-order valence-electron chi connectivity index (χ2n) is 4.74. The Morgan fingerprint density at radius 3 is 2.75 bits per heavy atom. The Labute approximate surface area is 119 Å². The van der Waals surface area contributed by atoms with Crippen molar-refractivity contribution >= 4 is 23.6 Å². The van der Waals surface area contributed by atoms with Gasteiger partial charge in [-0.2, -0.15) is 0 Å². The second-order valence-corrected chi connectivity index (χ2v) is 4.74. The second kappa shape index (κ2) is 7.33. The monoisotopic (exact) mass is 275 g/mol. The number of carbonyl (C=O) groups is 2. The van der Waals surface area contributed by atoms with E-state index in [-0.39, 0.29) is 17.7 Å². The maximum absolute atomic E-state index is 11.9. The van der Waals surface area contributed by atoms with E-state index in [9.17, 15) is 9.59 Å². The largest absolute Gasteiger partial charge is 0.399 e. The van der Waals surface area contributed by atoms with Crippen molar-refractivity contribution in [2.45, 2.75) is 6.92 Å². The van der Waals surface area contributed by atoms with Crippen LogP contribution in [0.1, 0.15) is 12.5 Å². The lowest BCUT2D eigenvalue weighted by Gasteiger charge is -2.19. The lowest BCUT2D eigenvalue weighted by molar-refractivity contribution is -0.128. The molecule has 0 aliphatic rings. The highest BCUT2D eigenvalue weighted by molar-refractivity contribution is 5.92. The lowest BCUT2D eigenvalue weighted by atomic mass is 10.1. The summed E-state index contributed by atoms with van der Waals surface area (Å²) in [7, 11) is 3.26. The molecule has 0 heterocycles. The van der Waals surface area contributed by atoms with Gasteiger partial charge in [-0.3, -0.25) is 9.59 Å². The number of likely N-dealkylation sites (N-methyl/N-ethyl adjacent to an activating group) is 1. The molecule has 1 atom stereocenters. The highest BCUT2D eigenvalue weighted by Gasteiger charge is 2.15. The zero-order valence-corrected chi connectivity index (χ0v) is 12.1. The molecule has 1 aromatic carbocycles. The summed E-state index contributed by atoms with van der Waals surface area (Å²) in [5.74, 6) is -0.470. The van der Waals surface area contributed by atoms with Crippen LogP contribution in [0.25, 0.3) is 6.08 Å². The van der Waals surface area contributed by atoms with Crippen LogP contribution in [-0.4, -0.2) is 37.4 Å². The normalized spacial score (nSPS) is 12.2. The molecule has 5 heteroatoms. The maximum Gasteiger partial charge on any atom is 0.246 e. The van der Waals surface area contributed by atoms with Gasteiger partial charge in [-0.05, 0) is 23.8 Å². The molecular weight excluding hydrogens is 254 g/mol. The number of nitrogens with zero attached hydrogens (tertiary/aromatic N) is 1. The Balaban J connectivity index is 2.59. The lowest BCUT2D eigenvalue weighted by Crippen LogP contribution is -2.36. The fraction of sp³-hybridized carbons (Fsp3) is 0.333. The first-order chi connectivity index (χ1) is 9.43. The van der Waals surface area contributed by atoms with E-state index < -0.39 is 0 Å². The molecule has 2 amide bonds. The molecule has 0 radical (unpaired) electrons. The van der Waals surface area contributed by atoms with Crippen molar-refractivity contribution in [2.75, 3.05) is 26.4 Å². The summed E-state index contributed by atoms with van der Waals surface area (Å²) < 4.78 is 0. The predicted molar refractivity (Wildman–Crippen MR) is 80.8 cm³/mol. The van der Waals surface area contributed by atoms with Gasteiger partial charge in [-0.1, -0.05) is 19.1 Å². The molecule has 5 nitrogen and oxygen atoms in total. The van der Waals surface area contributed by atoms with Crippen LogP contribution in [0.5, 0.6) is 0 Å². The predicted octanol–water partition coefficient (Wildman–Crippen LogP) is 1.12. The molecule has 0 saturated carbocycles. The van der Waals surface area contributed by atoms with E-state index in [0.717, 1.165) is 5.56 Å². The number of benzene rings is 1. The molecule has 0 aromatic heterocycles. The Kier molecular flexibility index (Phi) is 5.77. The summed E-state index contributed by atoms with van der Waals surface area (Å²) in [4.78, 5) is 24.8. The first-order valence-electron chi connectivity index (χ1n) is 6.44. The average molecular weight is 275 g/mol. The standard InChI is InChI=1S/C15H21N3O2/c1-11(15(20)17-2)10-18(3)14(19)8-7-12-5-4-6-13(16)9-12/h4-9,11H,10,16H2,1-3H3,(H,17,20)/b8-7+. The molecule has 0 aliphatic carbocycles. The zero-order chi connectivity index (χ0) is 15.1. The molecule has 1 rings (SSSR count). The number of nitrogens with two attached hydrogens (primary N) is 1. The fourth-order valence-corrected chi connectivity index (χ4v) is 1.79. The van der Waals surface area contributed by atoms with Crippen molar-refractivity contribution in [3.05, 3.63) is 35.9 Å². The van der Waals surface area contributed by atoms with Crippen LogP contribution in [-0.2, 0) is 9.59 Å². The van der Waals surface area contributed by atoms with Crippen LogP contribution in [0.2, 0.25) is 0 Å². The van der Waals surface area contributed by atoms with Gasteiger partial charge in [0.25, 0.3) is 0 Å². The van der Waals surface area contributed by atoms with Gasteiger partial charge in [0.15, 0.2) is 0 Å². The van der Waals surface area contributed by atoms with Crippen LogP contribution in [0.15, 0.2) is 30.3 Å². The molecule has 1 aromatic rings. The van der Waals surface area contributed by atoms with E-state index in [1.165, 1.54) is 11.0 Å². The van der Waals surface area contributed by atoms with Gasteiger partial charge < -0.3 is 16.0 Å². The quantitative estimate of drug-likeness (QED) is 0.624. The van der Waals surface area contributed by atoms with Crippen molar-refractivity contribution in [1.29, 1.82) is 0 Å². The van der Waals surface area contributed by atoms with Gasteiger partial charge in [0.2, 0.25) is 11.8 Å². The molecule has 0 aliphatic heterocycles. The Morgan fingerprint density at radius 1 is 1.45 bits per heavy atom. The van der Waals surface area contributed by atoms with Crippen LogP contribution in [0, 0.1) is 5.92 Å². The third kappa shape index (κ3) is 4.76. The zero-order valence-electron chi connectivity index (χ0n) is 12.1. The molecule has 0 spiro atoms. The van der Waals surface area contributed by atoms with Gasteiger partial charge >= 0.3 is 0 Å². The van der Waals surface area contributed by atoms with Crippen LogP contribution in [0.3, 0.4) is 0 Å². The summed E-state index contributed by atoms with van der Waals surface area (Å²) in [5, 5.41) is 2.56. The van der Waals surface area contributed by atoms with Crippen molar-refractivity contribution in [1.82, 2.24) is 10.2 Å². The number of hydrogen-bond donors (Lipinski definition) is 2. The van der Waals surface area contributed by atoms with Crippen molar-refractivity contribution < 1.29 is 9.59 Å². The van der Waals surface area contributed by atoms with Crippen LogP contribution in [0.4, 0.5) is 5.69 Å². The first-order valence-corrected chi connectivity index (χ1v) is 6.44. The highest BCUT2D eigenvalue weighted by Crippen LogP contribution is 2.08. The SMILES string of the molecule is CNC(=O)C(C)CN(C)C(=O)/C=C/c1cccc(N)c1. The van der Waals surface area contributed by atoms with Gasteiger partial charge in [0, 0.05) is 32.4 Å². The maximum atomic E-state index is 11.9. The fourth-order valence-electron chi connectivity index (χ4n) is 1.79. The number of carbonyl (C=O) groups excluding carboxylic acids is 2. The third-order valence-corrected chi connectivity index (χ3v) is 2.95. The molecule has 108 valence electrons. The summed E-state index contributed by atoms with van der Waals surface area (Å²) in [6.45, 7) is 2.16. The Hall–Kier alpha value is -2.30. The van der Waals surface area contributed by atoms with Gasteiger partial charge in [-0.25, -0.2) is 0 Å². The van der Waals surface area contributed by atoms with Crippen molar-refractivity contribution in [2.24, 2.45) is 5.92 Å². The van der Waals surface area contributed by atoms with Gasteiger partial charge in [-0.15, -0.1) is 0 Å². The minimum absolute atomic E-state index is 0.0792. The molecule has 0 bridgehead atoms. The minimum atomic E-state index is -0.241. The summed E-state index contributed by atoms with van der Waals surface area (Å²) in [6.07, 6.45) is 3.19. The molecule has 20 heavy (non-hydrogen) atoms. The summed E-state index contributed by atoms with van der Waals surface area (Å²) >= 11 is 0. The molecule has 3 N–H and O–H groups in total. The van der Waals surface area contributed by atoms with Crippen molar-refractivity contribution in [3.63, 3.8) is 0 Å². The van der Waals surface area contributed by atoms with E-state index in [4.69, 9.17) is 5.73 Å². The first kappa shape index (κ1) is 15.8. The van der Waals surface area contributed by atoms with Crippen LogP contribution < -0.4 is 11.1 Å².